The number of nitrogens with zero attached hydrogens (tertiary/aromatic N) is 7. The first-order chi connectivity index (χ1) is 13.6. The van der Waals surface area contributed by atoms with Crippen molar-refractivity contribution >= 4 is 33.5 Å². The van der Waals surface area contributed by atoms with Gasteiger partial charge in [-0.25, -0.2) is 0 Å². The Morgan fingerprint density at radius 1 is 1.04 bits per heavy atom. The number of nitrogens with one attached hydrogen (secondary N) is 1. The lowest BCUT2D eigenvalue weighted by Crippen LogP contribution is -2.12. The molecule has 4 aromatic rings. The molecule has 3 N–H and O–H groups in total. The van der Waals surface area contributed by atoms with Crippen LogP contribution in [0.25, 0.3) is 11.4 Å². The van der Waals surface area contributed by atoms with E-state index in [1.807, 2.05) is 55.5 Å². The minimum Gasteiger partial charge on any atom is -0.368 e. The minimum absolute atomic E-state index is 0.120. The molecule has 28 heavy (non-hydrogen) atoms. The maximum Gasteiger partial charge on any atom is 0.232 e. The van der Waals surface area contributed by atoms with Gasteiger partial charge in [0, 0.05) is 15.7 Å². The Labute approximate surface area is 169 Å². The van der Waals surface area contributed by atoms with E-state index in [0.29, 0.717) is 17.6 Å². The Hall–Kier alpha value is -3.40. The molecule has 0 spiro atoms. The number of halogens is 1. The molecule has 0 amide bonds. The molecule has 2 aromatic carbocycles. The third-order valence-corrected chi connectivity index (χ3v) is 4.46. The van der Waals surface area contributed by atoms with Crippen molar-refractivity contribution in [3.63, 3.8) is 0 Å². The van der Waals surface area contributed by atoms with Gasteiger partial charge in [0.15, 0.2) is 5.82 Å². The van der Waals surface area contributed by atoms with E-state index in [0.717, 1.165) is 21.3 Å². The molecule has 10 heteroatoms. The van der Waals surface area contributed by atoms with E-state index in [9.17, 15) is 0 Å². The average molecular weight is 438 g/mol. The summed E-state index contributed by atoms with van der Waals surface area (Å²) in [6.45, 7) is 2.22. The van der Waals surface area contributed by atoms with Crippen LogP contribution >= 0.6 is 15.9 Å². The third-order valence-electron chi connectivity index (χ3n) is 3.93. The number of benzene rings is 2. The summed E-state index contributed by atoms with van der Waals surface area (Å²) in [6, 6.07) is 15.5. The van der Waals surface area contributed by atoms with Crippen molar-refractivity contribution in [2.45, 2.75) is 13.5 Å². The maximum absolute atomic E-state index is 5.84. The molecular formula is C18H16BrN9. The molecule has 0 aliphatic carbocycles. The number of nitrogens with two attached hydrogens (primary N) is 1. The number of tetrazole rings is 1. The second-order valence-corrected chi connectivity index (χ2v) is 6.94. The van der Waals surface area contributed by atoms with E-state index in [1.54, 1.807) is 0 Å². The van der Waals surface area contributed by atoms with Gasteiger partial charge in [-0.2, -0.15) is 19.7 Å². The molecule has 0 aliphatic rings. The monoisotopic (exact) mass is 437 g/mol. The van der Waals surface area contributed by atoms with Crippen LogP contribution in [0.4, 0.5) is 17.6 Å². The summed E-state index contributed by atoms with van der Waals surface area (Å²) in [5.74, 6) is 1.44. The van der Waals surface area contributed by atoms with E-state index in [2.05, 4.69) is 51.6 Å². The molecule has 0 saturated carbocycles. The maximum atomic E-state index is 5.84. The molecule has 0 aliphatic heterocycles. The first-order valence-electron chi connectivity index (χ1n) is 8.44. The standard InChI is InChI=1S/C18H16BrN9/c1-11-4-2-3-5-14(11)21-18-23-15(22-17(20)24-18)10-28-26-16(25-27-28)12-6-8-13(19)9-7-12/h2-9H,10H2,1H3,(H3,20,21,22,23,24). The fourth-order valence-corrected chi connectivity index (χ4v) is 2.81. The predicted octanol–water partition coefficient (Wildman–Crippen LogP) is 2.97. The van der Waals surface area contributed by atoms with Crippen LogP contribution in [-0.4, -0.2) is 35.2 Å². The van der Waals surface area contributed by atoms with Crippen molar-refractivity contribution in [3.8, 4) is 11.4 Å². The molecule has 2 heterocycles. The quantitative estimate of drug-likeness (QED) is 0.488. The van der Waals surface area contributed by atoms with E-state index < -0.39 is 0 Å². The summed E-state index contributed by atoms with van der Waals surface area (Å²) >= 11 is 3.41. The highest BCUT2D eigenvalue weighted by atomic mass is 79.9. The number of hydrogen-bond donors (Lipinski definition) is 2. The summed E-state index contributed by atoms with van der Waals surface area (Å²) in [6.07, 6.45) is 0. The van der Waals surface area contributed by atoms with E-state index in [4.69, 9.17) is 5.73 Å². The van der Waals surface area contributed by atoms with Crippen molar-refractivity contribution in [1.29, 1.82) is 0 Å². The lowest BCUT2D eigenvalue weighted by atomic mass is 10.2. The Morgan fingerprint density at radius 2 is 1.82 bits per heavy atom. The molecule has 2 aromatic heterocycles. The molecular weight excluding hydrogens is 422 g/mol. The molecule has 0 bridgehead atoms. The molecule has 9 nitrogen and oxygen atoms in total. The largest absolute Gasteiger partial charge is 0.368 e. The number of aromatic nitrogens is 7. The van der Waals surface area contributed by atoms with Crippen LogP contribution in [0.5, 0.6) is 0 Å². The minimum atomic E-state index is 0.120. The van der Waals surface area contributed by atoms with Crippen LogP contribution in [0.15, 0.2) is 53.0 Å². The highest BCUT2D eigenvalue weighted by Crippen LogP contribution is 2.19. The van der Waals surface area contributed by atoms with Crippen molar-refractivity contribution in [3.05, 3.63) is 64.4 Å². The van der Waals surface area contributed by atoms with Crippen LogP contribution < -0.4 is 11.1 Å². The van der Waals surface area contributed by atoms with Crippen molar-refractivity contribution in [1.82, 2.24) is 35.2 Å². The van der Waals surface area contributed by atoms with Crippen LogP contribution in [0.3, 0.4) is 0 Å². The SMILES string of the molecule is Cc1ccccc1Nc1nc(N)nc(Cn2nnc(-c3ccc(Br)cc3)n2)n1. The predicted molar refractivity (Wildman–Crippen MR) is 109 cm³/mol. The van der Waals surface area contributed by atoms with Gasteiger partial charge in [0.25, 0.3) is 0 Å². The van der Waals surface area contributed by atoms with E-state index >= 15 is 0 Å². The van der Waals surface area contributed by atoms with Gasteiger partial charge >= 0.3 is 0 Å². The number of hydrogen-bond acceptors (Lipinski definition) is 8. The van der Waals surface area contributed by atoms with Gasteiger partial charge in [-0.3, -0.25) is 0 Å². The van der Waals surface area contributed by atoms with Gasteiger partial charge in [0.05, 0.1) is 0 Å². The Bertz CT molecular complexity index is 1110. The average Bonchev–Trinajstić information content (AvgIpc) is 3.12. The molecule has 140 valence electrons. The summed E-state index contributed by atoms with van der Waals surface area (Å²) in [5, 5.41) is 15.7. The summed E-state index contributed by atoms with van der Waals surface area (Å²) < 4.78 is 0.984. The Kier molecular flexibility index (Phi) is 4.94. The first kappa shape index (κ1) is 18.0. The highest BCUT2D eigenvalue weighted by molar-refractivity contribution is 9.10. The first-order valence-corrected chi connectivity index (χ1v) is 9.23. The number of anilines is 3. The molecule has 0 fully saturated rings. The molecule has 0 radical (unpaired) electrons. The van der Waals surface area contributed by atoms with Crippen molar-refractivity contribution in [2.75, 3.05) is 11.1 Å². The van der Waals surface area contributed by atoms with Crippen LogP contribution in [-0.2, 0) is 6.54 Å². The van der Waals surface area contributed by atoms with Crippen LogP contribution in [0.2, 0.25) is 0 Å². The normalized spacial score (nSPS) is 10.8. The molecule has 4 rings (SSSR count). The van der Waals surface area contributed by atoms with Gasteiger partial charge in [-0.05, 0) is 48.0 Å². The van der Waals surface area contributed by atoms with Crippen LogP contribution in [0.1, 0.15) is 11.4 Å². The second-order valence-electron chi connectivity index (χ2n) is 6.02. The third kappa shape index (κ3) is 4.12. The van der Waals surface area contributed by atoms with Crippen molar-refractivity contribution < 1.29 is 0 Å². The zero-order valence-corrected chi connectivity index (χ0v) is 16.5. The summed E-state index contributed by atoms with van der Waals surface area (Å²) in [4.78, 5) is 14.1. The summed E-state index contributed by atoms with van der Waals surface area (Å²) in [7, 11) is 0. The van der Waals surface area contributed by atoms with Gasteiger partial charge in [0.2, 0.25) is 17.7 Å². The zero-order chi connectivity index (χ0) is 19.5. The second kappa shape index (κ2) is 7.69. The fourth-order valence-electron chi connectivity index (χ4n) is 2.55. The number of para-hydroxylation sites is 1. The number of nitrogen functional groups attached to an aromatic ring is 1. The summed E-state index contributed by atoms with van der Waals surface area (Å²) in [5.41, 5.74) is 8.68. The van der Waals surface area contributed by atoms with Gasteiger partial charge in [-0.15, -0.1) is 10.2 Å². The van der Waals surface area contributed by atoms with Crippen molar-refractivity contribution in [2.24, 2.45) is 0 Å². The van der Waals surface area contributed by atoms with Gasteiger partial charge < -0.3 is 11.1 Å². The highest BCUT2D eigenvalue weighted by Gasteiger charge is 2.10. The van der Waals surface area contributed by atoms with Gasteiger partial charge in [-0.1, -0.05) is 34.1 Å². The van der Waals surface area contributed by atoms with Crippen LogP contribution in [0, 0.1) is 6.92 Å². The lowest BCUT2D eigenvalue weighted by Gasteiger charge is -2.09. The molecule has 0 saturated heterocycles. The van der Waals surface area contributed by atoms with Gasteiger partial charge in [0.1, 0.15) is 6.54 Å². The Morgan fingerprint density at radius 3 is 2.61 bits per heavy atom. The molecule has 0 atom stereocenters. The topological polar surface area (TPSA) is 120 Å². The fraction of sp³-hybridized carbons (Fsp3) is 0.111. The Balaban J connectivity index is 1.54. The lowest BCUT2D eigenvalue weighted by molar-refractivity contribution is 0.554. The van der Waals surface area contributed by atoms with E-state index in [1.165, 1.54) is 4.80 Å². The number of aryl methyl sites for hydroxylation is 1. The van der Waals surface area contributed by atoms with E-state index in [-0.39, 0.29) is 12.5 Å². The smallest absolute Gasteiger partial charge is 0.232 e. The zero-order valence-electron chi connectivity index (χ0n) is 14.9. The number of rotatable bonds is 5. The molecule has 0 unspecified atom stereocenters.